The van der Waals surface area contributed by atoms with E-state index in [0.717, 1.165) is 31.5 Å². The Labute approximate surface area is 221 Å². The van der Waals surface area contributed by atoms with Crippen LogP contribution in [0, 0.1) is 5.82 Å². The van der Waals surface area contributed by atoms with Gasteiger partial charge < -0.3 is 20.3 Å². The third kappa shape index (κ3) is 5.89. The van der Waals surface area contributed by atoms with Gasteiger partial charge in [0.05, 0.1) is 16.8 Å². The first-order chi connectivity index (χ1) is 18.0. The van der Waals surface area contributed by atoms with Crippen LogP contribution in [0.15, 0.2) is 60.9 Å². The zero-order chi connectivity index (χ0) is 25.8. The lowest BCUT2D eigenvalue weighted by Gasteiger charge is -2.13. The second-order valence-electron chi connectivity index (χ2n) is 8.42. The Kier molecular flexibility index (Phi) is 7.33. The van der Waals surface area contributed by atoms with Crippen molar-refractivity contribution in [2.24, 2.45) is 0 Å². The van der Waals surface area contributed by atoms with E-state index in [1.165, 1.54) is 29.8 Å². The van der Waals surface area contributed by atoms with Crippen LogP contribution in [0.1, 0.15) is 28.1 Å². The molecule has 1 saturated heterocycles. The van der Waals surface area contributed by atoms with E-state index in [-0.39, 0.29) is 35.0 Å². The molecule has 0 radical (unpaired) electrons. The molecule has 0 unspecified atom stereocenters. The van der Waals surface area contributed by atoms with Crippen LogP contribution >= 0.6 is 23.6 Å². The van der Waals surface area contributed by atoms with Gasteiger partial charge in [-0.2, -0.15) is 0 Å². The van der Waals surface area contributed by atoms with Gasteiger partial charge >= 0.3 is 0 Å². The fourth-order valence-corrected chi connectivity index (χ4v) is 5.20. The average Bonchev–Trinajstić information content (AvgIpc) is 3.57. The van der Waals surface area contributed by atoms with Crippen LogP contribution < -0.4 is 15.4 Å². The fraction of sp³-hybridized carbons (Fsp3) is 0.192. The zero-order valence-corrected chi connectivity index (χ0v) is 21.2. The Bertz CT molecular complexity index is 1470. The van der Waals surface area contributed by atoms with Crippen LogP contribution in [0.2, 0.25) is 0 Å². The number of nitrogens with zero attached hydrogens (tertiary/aromatic N) is 3. The third-order valence-electron chi connectivity index (χ3n) is 5.74. The monoisotopic (exact) mass is 535 g/mol. The molecule has 4 aromatic rings. The second-order valence-corrected chi connectivity index (χ2v) is 9.88. The Hall–Kier alpha value is -3.96. The first kappa shape index (κ1) is 24.7. The number of likely N-dealkylation sites (tertiary alicyclic amines) is 1. The molecule has 0 saturated carbocycles. The van der Waals surface area contributed by atoms with Crippen molar-refractivity contribution in [1.29, 1.82) is 0 Å². The minimum absolute atomic E-state index is 0.0418. The number of hydrogen-bond donors (Lipinski definition) is 2. The molecule has 1 aliphatic heterocycles. The summed E-state index contributed by atoms with van der Waals surface area (Å²) in [5.41, 5.74) is 1.76. The van der Waals surface area contributed by atoms with Gasteiger partial charge in [-0.05, 0) is 48.8 Å². The molecule has 0 spiro atoms. The van der Waals surface area contributed by atoms with Crippen LogP contribution in [-0.2, 0) is 11.2 Å². The molecule has 188 valence electrons. The van der Waals surface area contributed by atoms with Crippen molar-refractivity contribution >= 4 is 56.4 Å². The number of nitrogens with one attached hydrogen (secondary N) is 2. The van der Waals surface area contributed by atoms with Crippen molar-refractivity contribution in [2.45, 2.75) is 19.3 Å². The highest BCUT2D eigenvalue weighted by atomic mass is 32.1. The highest BCUT2D eigenvalue weighted by molar-refractivity contribution is 7.80. The normalized spacial score (nSPS) is 12.9. The van der Waals surface area contributed by atoms with E-state index in [1.54, 1.807) is 12.1 Å². The van der Waals surface area contributed by atoms with Gasteiger partial charge in [0.25, 0.3) is 5.91 Å². The SMILES string of the molecule is O=C(Cc1ccccc1)NC(=S)Nc1ccc(Oc2ncnc3cc(C(=O)N4CCCC4)sc23)c(F)c1. The number of amides is 2. The minimum atomic E-state index is -0.653. The number of fused-ring (bicyclic) bond motifs is 1. The predicted octanol–water partition coefficient (Wildman–Crippen LogP) is 4.91. The molecule has 1 fully saturated rings. The first-order valence-corrected chi connectivity index (χ1v) is 12.8. The number of benzene rings is 2. The standard InChI is InChI=1S/C26H22FN5O3S2/c27-18-13-17(30-26(36)31-22(33)12-16-6-2-1-3-7-16)8-9-20(18)35-24-23-19(28-15-29-24)14-21(37-23)25(34)32-10-4-5-11-32/h1-3,6-9,13-15H,4-5,10-12H2,(H2,30,31,33,36). The average molecular weight is 536 g/mol. The molecule has 2 aromatic heterocycles. The van der Waals surface area contributed by atoms with E-state index in [4.69, 9.17) is 17.0 Å². The largest absolute Gasteiger partial charge is 0.434 e. The van der Waals surface area contributed by atoms with Gasteiger partial charge in [-0.1, -0.05) is 30.3 Å². The number of halogens is 1. The van der Waals surface area contributed by atoms with Gasteiger partial charge in [-0.3, -0.25) is 9.59 Å². The predicted molar refractivity (Wildman–Crippen MR) is 144 cm³/mol. The molecule has 37 heavy (non-hydrogen) atoms. The molecule has 1 aliphatic rings. The van der Waals surface area contributed by atoms with Crippen LogP contribution in [0.25, 0.3) is 10.2 Å². The number of carbonyl (C=O) groups excluding carboxylic acids is 2. The van der Waals surface area contributed by atoms with Gasteiger partial charge in [0.2, 0.25) is 11.8 Å². The summed E-state index contributed by atoms with van der Waals surface area (Å²) >= 11 is 6.41. The van der Waals surface area contributed by atoms with Crippen molar-refractivity contribution in [1.82, 2.24) is 20.2 Å². The highest BCUT2D eigenvalue weighted by Crippen LogP contribution is 2.35. The molecule has 2 amide bonds. The fourth-order valence-electron chi connectivity index (χ4n) is 3.97. The maximum absolute atomic E-state index is 14.9. The molecule has 0 atom stereocenters. The second kappa shape index (κ2) is 11.0. The number of thiophene rings is 1. The lowest BCUT2D eigenvalue weighted by Crippen LogP contribution is -2.35. The molecule has 11 heteroatoms. The van der Waals surface area contributed by atoms with E-state index in [0.29, 0.717) is 20.8 Å². The van der Waals surface area contributed by atoms with E-state index in [9.17, 15) is 14.0 Å². The van der Waals surface area contributed by atoms with Gasteiger partial charge in [-0.25, -0.2) is 14.4 Å². The molecular formula is C26H22FN5O3S2. The number of carbonyl (C=O) groups is 2. The van der Waals surface area contributed by atoms with E-state index < -0.39 is 5.82 Å². The van der Waals surface area contributed by atoms with Crippen LogP contribution in [0.4, 0.5) is 10.1 Å². The Balaban J connectivity index is 1.25. The molecule has 3 heterocycles. The molecule has 0 aliphatic carbocycles. The maximum Gasteiger partial charge on any atom is 0.264 e. The Morgan fingerprint density at radius 1 is 1.08 bits per heavy atom. The molecule has 2 N–H and O–H groups in total. The molecule has 2 aromatic carbocycles. The van der Waals surface area contributed by atoms with E-state index in [1.807, 2.05) is 35.2 Å². The van der Waals surface area contributed by atoms with Crippen LogP contribution in [0.5, 0.6) is 11.6 Å². The molecular weight excluding hydrogens is 513 g/mol. The smallest absolute Gasteiger partial charge is 0.264 e. The summed E-state index contributed by atoms with van der Waals surface area (Å²) in [7, 11) is 0. The minimum Gasteiger partial charge on any atom is -0.434 e. The number of hydrogen-bond acceptors (Lipinski definition) is 7. The van der Waals surface area contributed by atoms with Crippen molar-refractivity contribution < 1.29 is 18.7 Å². The lowest BCUT2D eigenvalue weighted by molar-refractivity contribution is -0.119. The van der Waals surface area contributed by atoms with Gasteiger partial charge in [0.15, 0.2) is 16.7 Å². The van der Waals surface area contributed by atoms with Crippen molar-refractivity contribution in [3.63, 3.8) is 0 Å². The number of thiocarbonyl (C=S) groups is 1. The van der Waals surface area contributed by atoms with Crippen molar-refractivity contribution in [3.8, 4) is 11.6 Å². The molecule has 0 bridgehead atoms. The van der Waals surface area contributed by atoms with E-state index in [2.05, 4.69) is 20.6 Å². The Morgan fingerprint density at radius 3 is 2.62 bits per heavy atom. The van der Waals surface area contributed by atoms with Crippen LogP contribution in [-0.4, -0.2) is 44.9 Å². The number of ether oxygens (including phenoxy) is 1. The van der Waals surface area contributed by atoms with Gasteiger partial charge in [-0.15, -0.1) is 11.3 Å². The van der Waals surface area contributed by atoms with Crippen molar-refractivity contribution in [3.05, 3.63) is 77.2 Å². The summed E-state index contributed by atoms with van der Waals surface area (Å²) in [6.45, 7) is 1.49. The van der Waals surface area contributed by atoms with Crippen LogP contribution in [0.3, 0.4) is 0 Å². The summed E-state index contributed by atoms with van der Waals surface area (Å²) in [6, 6.07) is 15.2. The number of aromatic nitrogens is 2. The highest BCUT2D eigenvalue weighted by Gasteiger charge is 2.23. The lowest BCUT2D eigenvalue weighted by atomic mass is 10.1. The first-order valence-electron chi connectivity index (χ1n) is 11.6. The number of rotatable bonds is 6. The summed E-state index contributed by atoms with van der Waals surface area (Å²) in [5, 5.41) is 5.44. The van der Waals surface area contributed by atoms with Gasteiger partial charge in [0.1, 0.15) is 11.0 Å². The maximum atomic E-state index is 14.9. The molecule has 5 rings (SSSR count). The van der Waals surface area contributed by atoms with Crippen molar-refractivity contribution in [2.75, 3.05) is 18.4 Å². The summed E-state index contributed by atoms with van der Waals surface area (Å²) < 4.78 is 21.2. The summed E-state index contributed by atoms with van der Waals surface area (Å²) in [5.74, 6) is -0.861. The van der Waals surface area contributed by atoms with E-state index >= 15 is 0 Å². The summed E-state index contributed by atoms with van der Waals surface area (Å²) in [6.07, 6.45) is 3.49. The third-order valence-corrected chi connectivity index (χ3v) is 7.04. The quantitative estimate of drug-likeness (QED) is 0.339. The molecule has 8 nitrogen and oxygen atoms in total. The Morgan fingerprint density at radius 2 is 1.86 bits per heavy atom. The number of anilines is 1. The topological polar surface area (TPSA) is 96.5 Å². The summed E-state index contributed by atoms with van der Waals surface area (Å²) in [4.78, 5) is 35.7. The van der Waals surface area contributed by atoms with Gasteiger partial charge in [0, 0.05) is 24.8 Å². The zero-order valence-electron chi connectivity index (χ0n) is 19.6.